The average Bonchev–Trinajstić information content (AvgIpc) is 2.58. The van der Waals surface area contributed by atoms with Crippen molar-refractivity contribution in [3.8, 4) is 0 Å². The number of ether oxygens (including phenoxy) is 2. The van der Waals surface area contributed by atoms with E-state index in [4.69, 9.17) is 26.2 Å². The molecule has 24 heavy (non-hydrogen) atoms. The second-order valence-electron chi connectivity index (χ2n) is 4.69. The van der Waals surface area contributed by atoms with Crippen LogP contribution in [0.15, 0.2) is 36.9 Å². The van der Waals surface area contributed by atoms with E-state index in [0.717, 1.165) is 6.08 Å². The third-order valence-corrected chi connectivity index (χ3v) is 3.49. The summed E-state index contributed by atoms with van der Waals surface area (Å²) < 4.78 is 9.61. The molecule has 2 unspecified atom stereocenters. The monoisotopic (exact) mass is 356 g/mol. The van der Waals surface area contributed by atoms with Crippen LogP contribution in [-0.4, -0.2) is 52.8 Å². The predicted octanol–water partition coefficient (Wildman–Crippen LogP) is 1.63. The largest absolute Gasteiger partial charge is 0.478 e. The smallest absolute Gasteiger partial charge is 0.339 e. The summed E-state index contributed by atoms with van der Waals surface area (Å²) >= 11 is 5.92. The Morgan fingerprint density at radius 3 is 2.42 bits per heavy atom. The van der Waals surface area contributed by atoms with Crippen molar-refractivity contribution in [2.24, 2.45) is 0 Å². The van der Waals surface area contributed by atoms with Crippen LogP contribution < -0.4 is 0 Å². The van der Waals surface area contributed by atoms with Crippen molar-refractivity contribution in [2.75, 3.05) is 13.2 Å². The lowest BCUT2D eigenvalue weighted by Gasteiger charge is -2.17. The van der Waals surface area contributed by atoms with Gasteiger partial charge < -0.3 is 19.7 Å². The van der Waals surface area contributed by atoms with E-state index in [1.165, 1.54) is 24.3 Å². The average molecular weight is 357 g/mol. The van der Waals surface area contributed by atoms with Gasteiger partial charge in [0.2, 0.25) is 0 Å². The maximum atomic E-state index is 11.9. The molecule has 7 nitrogen and oxygen atoms in total. The molecule has 0 spiro atoms. The van der Waals surface area contributed by atoms with Gasteiger partial charge in [-0.2, -0.15) is 0 Å². The first-order chi connectivity index (χ1) is 11.4. The van der Waals surface area contributed by atoms with Crippen LogP contribution in [0.4, 0.5) is 0 Å². The highest BCUT2D eigenvalue weighted by atomic mass is 35.5. The van der Waals surface area contributed by atoms with E-state index in [0.29, 0.717) is 0 Å². The van der Waals surface area contributed by atoms with Crippen molar-refractivity contribution in [1.29, 1.82) is 0 Å². The number of aliphatic hydroxyl groups excluding tert-OH is 1. The summed E-state index contributed by atoms with van der Waals surface area (Å²) in [6, 6.07) is 5.56. The molecule has 1 aromatic rings. The number of hydrogen-bond acceptors (Lipinski definition) is 6. The van der Waals surface area contributed by atoms with Gasteiger partial charge in [-0.05, 0) is 12.1 Å². The van der Waals surface area contributed by atoms with Crippen molar-refractivity contribution in [3.63, 3.8) is 0 Å². The number of rotatable bonds is 9. The molecule has 8 heteroatoms. The van der Waals surface area contributed by atoms with Crippen LogP contribution in [0.3, 0.4) is 0 Å². The van der Waals surface area contributed by atoms with Crippen molar-refractivity contribution in [2.45, 2.75) is 17.9 Å². The highest BCUT2D eigenvalue weighted by molar-refractivity contribution is 6.21. The van der Waals surface area contributed by atoms with Gasteiger partial charge in [-0.1, -0.05) is 18.7 Å². The number of aromatic carboxylic acids is 1. The van der Waals surface area contributed by atoms with Gasteiger partial charge in [-0.25, -0.2) is 14.4 Å². The summed E-state index contributed by atoms with van der Waals surface area (Å²) in [5.74, 6) is -2.75. The first kappa shape index (κ1) is 19.7. The minimum atomic E-state index is -1.26. The fourth-order valence-corrected chi connectivity index (χ4v) is 1.88. The number of benzene rings is 1. The summed E-state index contributed by atoms with van der Waals surface area (Å²) in [6.07, 6.45) is -0.0533. The summed E-state index contributed by atoms with van der Waals surface area (Å²) in [6.45, 7) is 2.79. The molecule has 0 heterocycles. The number of aliphatic hydroxyl groups is 1. The minimum absolute atomic E-state index is 0.0220. The molecule has 0 aliphatic heterocycles. The molecule has 2 atom stereocenters. The van der Waals surface area contributed by atoms with Gasteiger partial charge >= 0.3 is 17.9 Å². The van der Waals surface area contributed by atoms with Crippen molar-refractivity contribution >= 4 is 29.5 Å². The first-order valence-electron chi connectivity index (χ1n) is 6.97. The van der Waals surface area contributed by atoms with Gasteiger partial charge in [0.15, 0.2) is 0 Å². The summed E-state index contributed by atoms with van der Waals surface area (Å²) in [5, 5.41) is 18.0. The summed E-state index contributed by atoms with van der Waals surface area (Å²) in [5.41, 5.74) is -0.320. The van der Waals surface area contributed by atoms with Crippen molar-refractivity contribution < 1.29 is 34.1 Å². The Bertz CT molecular complexity index is 614. The normalized spacial score (nSPS) is 12.8. The van der Waals surface area contributed by atoms with Gasteiger partial charge in [0.25, 0.3) is 0 Å². The zero-order valence-corrected chi connectivity index (χ0v) is 13.4. The second kappa shape index (κ2) is 9.69. The lowest BCUT2D eigenvalue weighted by atomic mass is 10.1. The molecule has 0 amide bonds. The topological polar surface area (TPSA) is 110 Å². The SMILES string of the molecule is C=CC(=O)OCCC(Cl)C(O)COC(=O)c1ccccc1C(=O)O. The highest BCUT2D eigenvalue weighted by Crippen LogP contribution is 2.13. The van der Waals surface area contributed by atoms with E-state index in [1.807, 2.05) is 0 Å². The van der Waals surface area contributed by atoms with Gasteiger partial charge in [0, 0.05) is 12.5 Å². The van der Waals surface area contributed by atoms with Crippen LogP contribution in [0.1, 0.15) is 27.1 Å². The van der Waals surface area contributed by atoms with Gasteiger partial charge in [-0.3, -0.25) is 0 Å². The third kappa shape index (κ3) is 6.02. The fourth-order valence-electron chi connectivity index (χ4n) is 1.71. The Kier molecular flexibility index (Phi) is 7.94. The standard InChI is InChI=1S/C16H17ClO7/c1-2-14(19)23-8-7-12(17)13(18)9-24-16(22)11-6-4-3-5-10(11)15(20)21/h2-6,12-13,18H,1,7-9H2,(H,20,21). The molecule has 0 aliphatic carbocycles. The minimum Gasteiger partial charge on any atom is -0.478 e. The van der Waals surface area contributed by atoms with Gasteiger partial charge in [0.1, 0.15) is 12.7 Å². The van der Waals surface area contributed by atoms with E-state index >= 15 is 0 Å². The number of esters is 2. The second-order valence-corrected chi connectivity index (χ2v) is 5.25. The van der Waals surface area contributed by atoms with Gasteiger partial charge in [-0.15, -0.1) is 11.6 Å². The number of alkyl halides is 1. The molecule has 2 N–H and O–H groups in total. The Balaban J connectivity index is 2.50. The number of carboxylic acid groups (broad SMARTS) is 1. The van der Waals surface area contributed by atoms with E-state index in [1.54, 1.807) is 0 Å². The Labute approximate surface area is 143 Å². The fraction of sp³-hybridized carbons (Fsp3) is 0.312. The Morgan fingerprint density at radius 1 is 1.21 bits per heavy atom. The third-order valence-electron chi connectivity index (χ3n) is 2.98. The number of carbonyl (C=O) groups excluding carboxylic acids is 2. The highest BCUT2D eigenvalue weighted by Gasteiger charge is 2.21. The maximum Gasteiger partial charge on any atom is 0.339 e. The molecule has 0 saturated heterocycles. The molecule has 0 aliphatic rings. The molecular weight excluding hydrogens is 340 g/mol. The zero-order valence-electron chi connectivity index (χ0n) is 12.7. The molecular formula is C16H17ClO7. The number of carbonyl (C=O) groups is 3. The molecule has 1 rings (SSSR count). The quantitative estimate of drug-likeness (QED) is 0.393. The molecule has 1 aromatic carbocycles. The maximum absolute atomic E-state index is 11.9. The Hall–Kier alpha value is -2.38. The summed E-state index contributed by atoms with van der Waals surface area (Å²) in [4.78, 5) is 33.8. The van der Waals surface area contributed by atoms with Crippen LogP contribution in [0.2, 0.25) is 0 Å². The van der Waals surface area contributed by atoms with Gasteiger partial charge in [0.05, 0.1) is 23.1 Å². The number of halogens is 1. The predicted molar refractivity (Wildman–Crippen MR) is 85.1 cm³/mol. The number of carboxylic acids is 1. The Morgan fingerprint density at radius 2 is 1.83 bits per heavy atom. The van der Waals surface area contributed by atoms with E-state index < -0.39 is 36.0 Å². The molecule has 0 bridgehead atoms. The lowest BCUT2D eigenvalue weighted by molar-refractivity contribution is -0.137. The van der Waals surface area contributed by atoms with Crippen LogP contribution in [-0.2, 0) is 14.3 Å². The van der Waals surface area contributed by atoms with Crippen LogP contribution in [0, 0.1) is 0 Å². The van der Waals surface area contributed by atoms with E-state index in [-0.39, 0.29) is 24.2 Å². The van der Waals surface area contributed by atoms with Crippen molar-refractivity contribution in [1.82, 2.24) is 0 Å². The zero-order chi connectivity index (χ0) is 18.1. The lowest BCUT2D eigenvalue weighted by Crippen LogP contribution is -2.29. The molecule has 0 fully saturated rings. The van der Waals surface area contributed by atoms with Crippen LogP contribution in [0.5, 0.6) is 0 Å². The first-order valence-corrected chi connectivity index (χ1v) is 7.41. The molecule has 0 saturated carbocycles. The van der Waals surface area contributed by atoms with Crippen LogP contribution in [0.25, 0.3) is 0 Å². The molecule has 130 valence electrons. The molecule has 0 aromatic heterocycles. The molecule has 0 radical (unpaired) electrons. The van der Waals surface area contributed by atoms with Crippen molar-refractivity contribution in [3.05, 3.63) is 48.0 Å². The van der Waals surface area contributed by atoms with E-state index in [9.17, 15) is 19.5 Å². The number of hydrogen-bond donors (Lipinski definition) is 2. The summed E-state index contributed by atoms with van der Waals surface area (Å²) in [7, 11) is 0. The van der Waals surface area contributed by atoms with Crippen LogP contribution >= 0.6 is 11.6 Å². The van der Waals surface area contributed by atoms with E-state index in [2.05, 4.69) is 6.58 Å².